The zero-order chi connectivity index (χ0) is 19.7. The lowest BCUT2D eigenvalue weighted by Crippen LogP contribution is -2.35. The topological polar surface area (TPSA) is 95.0 Å². The maximum atomic E-state index is 12.8. The first kappa shape index (κ1) is 19.8. The molecule has 0 spiro atoms. The van der Waals surface area contributed by atoms with Gasteiger partial charge in [-0.25, -0.2) is 8.42 Å². The Labute approximate surface area is 160 Å². The predicted molar refractivity (Wildman–Crippen MR) is 99.9 cm³/mol. The van der Waals surface area contributed by atoms with Crippen molar-refractivity contribution >= 4 is 21.9 Å². The van der Waals surface area contributed by atoms with Gasteiger partial charge in [-0.1, -0.05) is 12.8 Å². The summed E-state index contributed by atoms with van der Waals surface area (Å²) < 4.78 is 27.1. The average Bonchev–Trinajstić information content (AvgIpc) is 2.87. The Balaban J connectivity index is 1.73. The van der Waals surface area contributed by atoms with E-state index in [2.05, 4.69) is 0 Å². The number of carboxylic acids is 1. The summed E-state index contributed by atoms with van der Waals surface area (Å²) in [5.74, 6) is -1.17. The molecule has 1 amide bonds. The van der Waals surface area contributed by atoms with Gasteiger partial charge in [0, 0.05) is 31.7 Å². The van der Waals surface area contributed by atoms with Crippen LogP contribution in [0.15, 0.2) is 29.2 Å². The van der Waals surface area contributed by atoms with E-state index in [1.165, 1.54) is 33.5 Å². The average molecular weight is 394 g/mol. The van der Waals surface area contributed by atoms with Gasteiger partial charge in [0.05, 0.1) is 10.3 Å². The van der Waals surface area contributed by atoms with Crippen molar-refractivity contribution in [2.24, 2.45) is 5.41 Å². The van der Waals surface area contributed by atoms with Crippen LogP contribution in [0.5, 0.6) is 0 Å². The number of aliphatic carboxylic acids is 1. The van der Waals surface area contributed by atoms with Gasteiger partial charge in [-0.05, 0) is 50.5 Å². The van der Waals surface area contributed by atoms with Crippen LogP contribution in [0.25, 0.3) is 0 Å². The lowest BCUT2D eigenvalue weighted by molar-refractivity contribution is -0.147. The molecule has 2 aliphatic rings. The van der Waals surface area contributed by atoms with Crippen LogP contribution in [0.4, 0.5) is 0 Å². The van der Waals surface area contributed by atoms with E-state index >= 15 is 0 Å². The second-order valence-corrected chi connectivity index (χ2v) is 9.62. The van der Waals surface area contributed by atoms with Gasteiger partial charge in [0.25, 0.3) is 5.91 Å². The zero-order valence-corrected chi connectivity index (χ0v) is 16.4. The SMILES string of the molecule is CC1(C(=O)O)CCN(C(=O)c2ccc(S(=O)(=O)N3CCCCCC3)cc2)C1. The summed E-state index contributed by atoms with van der Waals surface area (Å²) in [6.45, 7) is 3.25. The molecule has 27 heavy (non-hydrogen) atoms. The Bertz CT molecular complexity index is 813. The summed E-state index contributed by atoms with van der Waals surface area (Å²) in [6.07, 6.45) is 4.24. The van der Waals surface area contributed by atoms with E-state index in [1.807, 2.05) is 0 Å². The van der Waals surface area contributed by atoms with E-state index in [4.69, 9.17) is 0 Å². The quantitative estimate of drug-likeness (QED) is 0.845. The first-order chi connectivity index (χ1) is 12.7. The third-order valence-corrected chi connectivity index (χ3v) is 7.49. The molecule has 7 nitrogen and oxygen atoms in total. The van der Waals surface area contributed by atoms with Crippen LogP contribution in [0.2, 0.25) is 0 Å². The second-order valence-electron chi connectivity index (χ2n) is 7.69. The molecule has 3 rings (SSSR count). The number of nitrogens with zero attached hydrogens (tertiary/aromatic N) is 2. The van der Waals surface area contributed by atoms with Gasteiger partial charge < -0.3 is 10.0 Å². The molecular weight excluding hydrogens is 368 g/mol. The van der Waals surface area contributed by atoms with E-state index in [0.717, 1.165) is 25.7 Å². The monoisotopic (exact) mass is 394 g/mol. The second kappa shape index (κ2) is 7.59. The Kier molecular flexibility index (Phi) is 5.58. The molecule has 0 radical (unpaired) electrons. The summed E-state index contributed by atoms with van der Waals surface area (Å²) in [5, 5.41) is 9.30. The number of hydrogen-bond acceptors (Lipinski definition) is 4. The summed E-state index contributed by atoms with van der Waals surface area (Å²) in [7, 11) is -3.55. The van der Waals surface area contributed by atoms with E-state index < -0.39 is 21.4 Å². The van der Waals surface area contributed by atoms with E-state index in [1.54, 1.807) is 6.92 Å². The molecule has 0 aromatic heterocycles. The van der Waals surface area contributed by atoms with Gasteiger partial charge in [0.2, 0.25) is 10.0 Å². The first-order valence-electron chi connectivity index (χ1n) is 9.37. The summed E-state index contributed by atoms with van der Waals surface area (Å²) in [5.41, 5.74) is -0.550. The maximum absolute atomic E-state index is 12.8. The molecule has 0 aliphatic carbocycles. The summed E-state index contributed by atoms with van der Waals surface area (Å²) >= 11 is 0. The highest BCUT2D eigenvalue weighted by molar-refractivity contribution is 7.89. The molecule has 148 valence electrons. The number of carbonyl (C=O) groups excluding carboxylic acids is 1. The normalized spacial score (nSPS) is 24.6. The summed E-state index contributed by atoms with van der Waals surface area (Å²) in [4.78, 5) is 25.7. The molecule has 2 fully saturated rings. The predicted octanol–water partition coefficient (Wildman–Crippen LogP) is 2.19. The number of likely N-dealkylation sites (tertiary alicyclic amines) is 1. The van der Waals surface area contributed by atoms with Crippen molar-refractivity contribution in [2.45, 2.75) is 43.9 Å². The van der Waals surface area contributed by atoms with Crippen molar-refractivity contribution in [3.8, 4) is 0 Å². The third-order valence-electron chi connectivity index (χ3n) is 5.58. The standard InChI is InChI=1S/C19H26N2O5S/c1-19(18(23)24)10-13-20(14-19)17(22)15-6-8-16(9-7-15)27(25,26)21-11-4-2-3-5-12-21/h6-9H,2-5,10-14H2,1H3,(H,23,24). The fourth-order valence-electron chi connectivity index (χ4n) is 3.69. The first-order valence-corrected chi connectivity index (χ1v) is 10.8. The lowest BCUT2D eigenvalue weighted by atomic mass is 9.90. The van der Waals surface area contributed by atoms with Crippen LogP contribution in [0, 0.1) is 5.41 Å². The van der Waals surface area contributed by atoms with Gasteiger partial charge >= 0.3 is 5.97 Å². The minimum absolute atomic E-state index is 0.162. The smallest absolute Gasteiger partial charge is 0.311 e. The molecule has 1 N–H and O–H groups in total. The van der Waals surface area contributed by atoms with Gasteiger partial charge in [0.1, 0.15) is 0 Å². The highest BCUT2D eigenvalue weighted by Gasteiger charge is 2.42. The zero-order valence-electron chi connectivity index (χ0n) is 15.6. The van der Waals surface area contributed by atoms with Crippen molar-refractivity contribution in [2.75, 3.05) is 26.2 Å². The number of benzene rings is 1. The molecule has 1 atom stereocenters. The molecule has 1 aromatic carbocycles. The van der Waals surface area contributed by atoms with Gasteiger partial charge in [-0.15, -0.1) is 0 Å². The van der Waals surface area contributed by atoms with Crippen LogP contribution in [0.1, 0.15) is 49.4 Å². The van der Waals surface area contributed by atoms with E-state index in [9.17, 15) is 23.1 Å². The van der Waals surface area contributed by atoms with Crippen molar-refractivity contribution in [3.05, 3.63) is 29.8 Å². The number of sulfonamides is 1. The highest BCUT2D eigenvalue weighted by atomic mass is 32.2. The lowest BCUT2D eigenvalue weighted by Gasteiger charge is -2.21. The number of hydrogen-bond donors (Lipinski definition) is 1. The van der Waals surface area contributed by atoms with Crippen LogP contribution in [-0.4, -0.2) is 60.8 Å². The number of carbonyl (C=O) groups is 2. The van der Waals surface area contributed by atoms with Crippen LogP contribution in [0.3, 0.4) is 0 Å². The van der Waals surface area contributed by atoms with Crippen molar-refractivity contribution < 1.29 is 23.1 Å². The number of carboxylic acid groups (broad SMARTS) is 1. The fraction of sp³-hybridized carbons (Fsp3) is 0.579. The highest BCUT2D eigenvalue weighted by Crippen LogP contribution is 2.31. The molecule has 2 heterocycles. The van der Waals surface area contributed by atoms with Crippen LogP contribution >= 0.6 is 0 Å². The van der Waals surface area contributed by atoms with Crippen molar-refractivity contribution in [3.63, 3.8) is 0 Å². The Morgan fingerprint density at radius 3 is 2.11 bits per heavy atom. The minimum atomic E-state index is -3.55. The van der Waals surface area contributed by atoms with Crippen LogP contribution < -0.4 is 0 Å². The minimum Gasteiger partial charge on any atom is -0.481 e. The van der Waals surface area contributed by atoms with Gasteiger partial charge in [0.15, 0.2) is 0 Å². The van der Waals surface area contributed by atoms with Gasteiger partial charge in [-0.2, -0.15) is 4.31 Å². The number of rotatable bonds is 4. The van der Waals surface area contributed by atoms with Crippen LogP contribution in [-0.2, 0) is 14.8 Å². The molecule has 2 aliphatic heterocycles. The molecule has 2 saturated heterocycles. The molecule has 0 bridgehead atoms. The third kappa shape index (κ3) is 4.01. The maximum Gasteiger partial charge on any atom is 0.311 e. The Hall–Kier alpha value is -1.93. The fourth-order valence-corrected chi connectivity index (χ4v) is 5.21. The number of amides is 1. The molecule has 1 aromatic rings. The molecule has 0 saturated carbocycles. The Morgan fingerprint density at radius 1 is 1.00 bits per heavy atom. The summed E-state index contributed by atoms with van der Waals surface area (Å²) in [6, 6.07) is 5.98. The van der Waals surface area contributed by atoms with E-state index in [-0.39, 0.29) is 17.3 Å². The van der Waals surface area contributed by atoms with Gasteiger partial charge in [-0.3, -0.25) is 9.59 Å². The largest absolute Gasteiger partial charge is 0.481 e. The molecule has 8 heteroatoms. The van der Waals surface area contributed by atoms with Crippen molar-refractivity contribution in [1.82, 2.24) is 9.21 Å². The molecular formula is C19H26N2O5S. The van der Waals surface area contributed by atoms with E-state index in [0.29, 0.717) is 31.6 Å². The Morgan fingerprint density at radius 2 is 1.59 bits per heavy atom. The molecule has 1 unspecified atom stereocenters. The van der Waals surface area contributed by atoms with Crippen molar-refractivity contribution in [1.29, 1.82) is 0 Å².